The standard InChI is InChI=1S/C23H23FN2O7/c1-4-32-22(28)19-17(12-33-21(27)14-7-10-18(31-3)16(24)11-14)25-23(29)26-20(19)13-5-8-15(30-2)9-6-13/h5-11,20H,4,12H2,1-3H3,(H2,25,26,29). The zero-order chi connectivity index (χ0) is 24.0. The van der Waals surface area contributed by atoms with Crippen molar-refractivity contribution in [3.8, 4) is 11.5 Å². The van der Waals surface area contributed by atoms with Gasteiger partial charge in [-0.3, -0.25) is 0 Å². The Hall–Kier alpha value is -4.08. The fraction of sp³-hybridized carbons (Fsp3) is 0.261. The smallest absolute Gasteiger partial charge is 0.338 e. The van der Waals surface area contributed by atoms with E-state index >= 15 is 0 Å². The number of esters is 2. The highest BCUT2D eigenvalue weighted by atomic mass is 19.1. The van der Waals surface area contributed by atoms with Crippen LogP contribution in [0.25, 0.3) is 0 Å². The van der Waals surface area contributed by atoms with E-state index in [0.717, 1.165) is 6.07 Å². The maximum Gasteiger partial charge on any atom is 0.338 e. The highest BCUT2D eigenvalue weighted by Gasteiger charge is 2.34. The van der Waals surface area contributed by atoms with Crippen LogP contribution < -0.4 is 20.1 Å². The quantitative estimate of drug-likeness (QED) is 0.585. The SMILES string of the molecule is CCOC(=O)C1=C(COC(=O)c2ccc(OC)c(F)c2)NC(=O)NC1c1ccc(OC)cc1. The predicted octanol–water partition coefficient (Wildman–Crippen LogP) is 2.87. The van der Waals surface area contributed by atoms with Crippen LogP contribution in [0.3, 0.4) is 0 Å². The van der Waals surface area contributed by atoms with E-state index in [1.807, 2.05) is 0 Å². The van der Waals surface area contributed by atoms with Crippen LogP contribution in [-0.2, 0) is 14.3 Å². The number of nitrogens with one attached hydrogen (secondary N) is 2. The minimum absolute atomic E-state index is 0.0215. The highest BCUT2D eigenvalue weighted by Crippen LogP contribution is 2.29. The second kappa shape index (κ2) is 10.5. The summed E-state index contributed by atoms with van der Waals surface area (Å²) < 4.78 is 34.3. The summed E-state index contributed by atoms with van der Waals surface area (Å²) in [5.41, 5.74) is 0.670. The molecule has 1 heterocycles. The fourth-order valence-corrected chi connectivity index (χ4v) is 3.24. The summed E-state index contributed by atoms with van der Waals surface area (Å²) in [5, 5.41) is 5.17. The number of rotatable bonds is 8. The van der Waals surface area contributed by atoms with E-state index in [1.54, 1.807) is 31.2 Å². The van der Waals surface area contributed by atoms with Crippen molar-refractivity contribution in [3.05, 3.63) is 70.7 Å². The zero-order valence-corrected chi connectivity index (χ0v) is 18.3. The van der Waals surface area contributed by atoms with E-state index in [9.17, 15) is 18.8 Å². The van der Waals surface area contributed by atoms with Crippen LogP contribution in [0.15, 0.2) is 53.7 Å². The van der Waals surface area contributed by atoms with Gasteiger partial charge in [-0.2, -0.15) is 0 Å². The molecule has 1 aliphatic heterocycles. The van der Waals surface area contributed by atoms with Crippen molar-refractivity contribution < 1.29 is 37.7 Å². The average Bonchev–Trinajstić information content (AvgIpc) is 2.82. The number of ether oxygens (including phenoxy) is 4. The number of halogens is 1. The molecule has 1 unspecified atom stereocenters. The lowest BCUT2D eigenvalue weighted by Crippen LogP contribution is -2.47. The van der Waals surface area contributed by atoms with E-state index in [4.69, 9.17) is 18.9 Å². The second-order valence-electron chi connectivity index (χ2n) is 6.84. The minimum Gasteiger partial charge on any atom is -0.497 e. The van der Waals surface area contributed by atoms with Gasteiger partial charge in [0.2, 0.25) is 0 Å². The Kier molecular flexibility index (Phi) is 7.50. The topological polar surface area (TPSA) is 112 Å². The molecule has 2 amide bonds. The van der Waals surface area contributed by atoms with Gasteiger partial charge in [0.25, 0.3) is 0 Å². The molecular formula is C23H23FN2O7. The van der Waals surface area contributed by atoms with Gasteiger partial charge < -0.3 is 29.6 Å². The molecule has 2 aromatic carbocycles. The molecule has 174 valence electrons. The molecular weight excluding hydrogens is 435 g/mol. The van der Waals surface area contributed by atoms with Gasteiger partial charge in [-0.1, -0.05) is 12.1 Å². The summed E-state index contributed by atoms with van der Waals surface area (Å²) >= 11 is 0. The van der Waals surface area contributed by atoms with E-state index in [0.29, 0.717) is 11.3 Å². The molecule has 2 aromatic rings. The molecule has 3 rings (SSSR count). The van der Waals surface area contributed by atoms with Gasteiger partial charge in [0.15, 0.2) is 11.6 Å². The molecule has 2 N–H and O–H groups in total. The van der Waals surface area contributed by atoms with E-state index in [2.05, 4.69) is 10.6 Å². The Labute approximate surface area is 189 Å². The third-order valence-corrected chi connectivity index (χ3v) is 4.83. The van der Waals surface area contributed by atoms with Crippen LogP contribution >= 0.6 is 0 Å². The van der Waals surface area contributed by atoms with Crippen molar-refractivity contribution in [3.63, 3.8) is 0 Å². The van der Waals surface area contributed by atoms with Gasteiger partial charge in [0.1, 0.15) is 12.4 Å². The third-order valence-electron chi connectivity index (χ3n) is 4.83. The third kappa shape index (κ3) is 5.40. The van der Waals surface area contributed by atoms with Gasteiger partial charge >= 0.3 is 18.0 Å². The molecule has 0 saturated heterocycles. The first-order valence-electron chi connectivity index (χ1n) is 10.00. The lowest BCUT2D eigenvalue weighted by atomic mass is 9.95. The van der Waals surface area contributed by atoms with E-state index in [-0.39, 0.29) is 29.2 Å². The molecule has 0 spiro atoms. The number of hydrogen-bond acceptors (Lipinski definition) is 7. The minimum atomic E-state index is -0.851. The van der Waals surface area contributed by atoms with Crippen LogP contribution in [0.1, 0.15) is 28.9 Å². The van der Waals surface area contributed by atoms with E-state index in [1.165, 1.54) is 26.4 Å². The maximum absolute atomic E-state index is 13.9. The summed E-state index contributed by atoms with van der Waals surface area (Å²) in [5.74, 6) is -1.69. The molecule has 0 saturated carbocycles. The van der Waals surface area contributed by atoms with Crippen molar-refractivity contribution in [1.82, 2.24) is 10.6 Å². The summed E-state index contributed by atoms with van der Waals surface area (Å²) in [7, 11) is 2.82. The summed E-state index contributed by atoms with van der Waals surface area (Å²) in [6.45, 7) is 1.30. The summed E-state index contributed by atoms with van der Waals surface area (Å²) in [6, 6.07) is 8.92. The van der Waals surface area contributed by atoms with Gasteiger partial charge in [0.05, 0.1) is 43.7 Å². The molecule has 0 aromatic heterocycles. The molecule has 0 radical (unpaired) electrons. The first-order chi connectivity index (χ1) is 15.9. The number of amides is 2. The van der Waals surface area contributed by atoms with E-state index < -0.39 is 36.4 Å². The molecule has 1 aliphatic rings. The molecule has 0 fully saturated rings. The lowest BCUT2D eigenvalue weighted by Gasteiger charge is -2.29. The Morgan fingerprint density at radius 3 is 2.33 bits per heavy atom. The predicted molar refractivity (Wildman–Crippen MR) is 114 cm³/mol. The van der Waals surface area contributed by atoms with Gasteiger partial charge in [-0.15, -0.1) is 0 Å². The van der Waals surface area contributed by atoms with Crippen LogP contribution in [0.5, 0.6) is 11.5 Å². The van der Waals surface area contributed by atoms with Crippen molar-refractivity contribution in [2.45, 2.75) is 13.0 Å². The van der Waals surface area contributed by atoms with Crippen molar-refractivity contribution in [2.75, 3.05) is 27.4 Å². The van der Waals surface area contributed by atoms with Crippen molar-refractivity contribution >= 4 is 18.0 Å². The first kappa shape index (κ1) is 23.6. The highest BCUT2D eigenvalue weighted by molar-refractivity contribution is 5.95. The van der Waals surface area contributed by atoms with Crippen LogP contribution in [0.2, 0.25) is 0 Å². The van der Waals surface area contributed by atoms with Crippen molar-refractivity contribution in [1.29, 1.82) is 0 Å². The molecule has 0 aliphatic carbocycles. The maximum atomic E-state index is 13.9. The molecule has 33 heavy (non-hydrogen) atoms. The van der Waals surface area contributed by atoms with Crippen LogP contribution in [-0.4, -0.2) is 45.4 Å². The largest absolute Gasteiger partial charge is 0.497 e. The zero-order valence-electron chi connectivity index (χ0n) is 18.3. The monoisotopic (exact) mass is 458 g/mol. The number of methoxy groups -OCH3 is 2. The van der Waals surface area contributed by atoms with Gasteiger partial charge in [-0.05, 0) is 42.8 Å². The van der Waals surface area contributed by atoms with Gasteiger partial charge in [0, 0.05) is 0 Å². The number of urea groups is 1. The number of benzene rings is 2. The van der Waals surface area contributed by atoms with Crippen LogP contribution in [0.4, 0.5) is 9.18 Å². The number of carbonyl (C=O) groups excluding carboxylic acids is 3. The normalized spacial score (nSPS) is 15.3. The molecule has 1 atom stereocenters. The van der Waals surface area contributed by atoms with Crippen LogP contribution in [0, 0.1) is 5.82 Å². The van der Waals surface area contributed by atoms with Gasteiger partial charge in [-0.25, -0.2) is 18.8 Å². The Bertz CT molecular complexity index is 1080. The summed E-state index contributed by atoms with van der Waals surface area (Å²) in [4.78, 5) is 37.5. The summed E-state index contributed by atoms with van der Waals surface area (Å²) in [6.07, 6.45) is 0. The Morgan fingerprint density at radius 1 is 1.00 bits per heavy atom. The second-order valence-corrected chi connectivity index (χ2v) is 6.84. The molecule has 10 heteroatoms. The Balaban J connectivity index is 1.90. The average molecular weight is 458 g/mol. The first-order valence-corrected chi connectivity index (χ1v) is 10.00. The number of hydrogen-bond donors (Lipinski definition) is 2. The van der Waals surface area contributed by atoms with Crippen molar-refractivity contribution in [2.24, 2.45) is 0 Å². The molecule has 0 bridgehead atoms. The Morgan fingerprint density at radius 2 is 1.73 bits per heavy atom. The lowest BCUT2D eigenvalue weighted by molar-refractivity contribution is -0.139. The molecule has 9 nitrogen and oxygen atoms in total. The fourth-order valence-electron chi connectivity index (χ4n) is 3.24. The number of carbonyl (C=O) groups is 3.